The van der Waals surface area contributed by atoms with Crippen molar-refractivity contribution in [2.75, 3.05) is 6.54 Å². The number of hydrogen-bond acceptors (Lipinski definition) is 6. The van der Waals surface area contributed by atoms with Crippen LogP contribution in [0.25, 0.3) is 0 Å². The van der Waals surface area contributed by atoms with E-state index in [2.05, 4.69) is 20.6 Å². The highest BCUT2D eigenvalue weighted by molar-refractivity contribution is 7.13. The minimum Gasteiger partial charge on any atom is -0.476 e. The van der Waals surface area contributed by atoms with Gasteiger partial charge in [-0.1, -0.05) is 5.21 Å². The molecule has 100 valence electrons. The molecule has 19 heavy (non-hydrogen) atoms. The molecule has 1 amide bonds. The van der Waals surface area contributed by atoms with Gasteiger partial charge < -0.3 is 10.4 Å². The molecule has 0 saturated heterocycles. The maximum Gasteiger partial charge on any atom is 0.358 e. The van der Waals surface area contributed by atoms with E-state index < -0.39 is 5.97 Å². The second-order valence-corrected chi connectivity index (χ2v) is 4.91. The van der Waals surface area contributed by atoms with Crippen molar-refractivity contribution in [2.45, 2.75) is 13.5 Å². The Bertz CT molecular complexity index is 606. The predicted octanol–water partition coefficient (Wildman–Crippen LogP) is 0.171. The van der Waals surface area contributed by atoms with Crippen LogP contribution in [0.2, 0.25) is 0 Å². The number of rotatable bonds is 5. The third-order valence-electron chi connectivity index (χ3n) is 2.23. The zero-order valence-corrected chi connectivity index (χ0v) is 10.8. The smallest absolute Gasteiger partial charge is 0.358 e. The first-order valence-corrected chi connectivity index (χ1v) is 6.22. The molecule has 0 bridgehead atoms. The van der Waals surface area contributed by atoms with Gasteiger partial charge in [-0.2, -0.15) is 0 Å². The molecule has 2 N–H and O–H groups in total. The van der Waals surface area contributed by atoms with Crippen molar-refractivity contribution in [1.29, 1.82) is 0 Å². The van der Waals surface area contributed by atoms with E-state index in [1.807, 2.05) is 6.92 Å². The fourth-order valence-corrected chi connectivity index (χ4v) is 2.04. The number of amides is 1. The normalized spacial score (nSPS) is 10.4. The number of carbonyl (C=O) groups excluding carboxylic acids is 1. The number of aromatic nitrogens is 4. The number of carbonyl (C=O) groups is 2. The molecule has 9 heteroatoms. The molecule has 0 fully saturated rings. The van der Waals surface area contributed by atoms with Crippen LogP contribution in [0.15, 0.2) is 12.4 Å². The van der Waals surface area contributed by atoms with Crippen molar-refractivity contribution in [1.82, 2.24) is 25.3 Å². The average Bonchev–Trinajstić information content (AvgIpc) is 2.98. The summed E-state index contributed by atoms with van der Waals surface area (Å²) in [5.41, 5.74) is -0.121. The van der Waals surface area contributed by atoms with Crippen molar-refractivity contribution in [3.8, 4) is 0 Å². The molecule has 0 aliphatic rings. The Morgan fingerprint density at radius 2 is 2.32 bits per heavy atom. The van der Waals surface area contributed by atoms with Gasteiger partial charge in [0.05, 0.1) is 23.9 Å². The summed E-state index contributed by atoms with van der Waals surface area (Å²) < 4.78 is 1.36. The van der Waals surface area contributed by atoms with Gasteiger partial charge in [-0.25, -0.2) is 14.5 Å². The van der Waals surface area contributed by atoms with Crippen LogP contribution in [0.5, 0.6) is 0 Å². The second-order valence-electron chi connectivity index (χ2n) is 3.67. The quantitative estimate of drug-likeness (QED) is 0.808. The number of carboxylic acid groups (broad SMARTS) is 1. The van der Waals surface area contributed by atoms with Crippen molar-refractivity contribution >= 4 is 23.2 Å². The molecule has 0 aliphatic carbocycles. The summed E-state index contributed by atoms with van der Waals surface area (Å²) in [7, 11) is 0. The number of hydrogen-bond donors (Lipinski definition) is 2. The van der Waals surface area contributed by atoms with E-state index in [1.165, 1.54) is 28.4 Å². The minimum absolute atomic E-state index is 0.121. The zero-order chi connectivity index (χ0) is 13.8. The Labute approximate surface area is 112 Å². The summed E-state index contributed by atoms with van der Waals surface area (Å²) in [4.78, 5) is 26.8. The number of aromatic carboxylic acids is 1. The summed E-state index contributed by atoms with van der Waals surface area (Å²) in [6.45, 7) is 2.51. The standard InChI is InChI=1S/C10H11N5O3S/c1-6-12-4-8(19-6)9(16)11-2-3-15-5-7(10(17)18)13-14-15/h4-5H,2-3H2,1H3,(H,11,16)(H,17,18). The Morgan fingerprint density at radius 3 is 2.89 bits per heavy atom. The molecule has 0 radical (unpaired) electrons. The Balaban J connectivity index is 1.83. The molecule has 0 spiro atoms. The van der Waals surface area contributed by atoms with Crippen LogP contribution >= 0.6 is 11.3 Å². The van der Waals surface area contributed by atoms with Crippen LogP contribution in [0.4, 0.5) is 0 Å². The van der Waals surface area contributed by atoms with E-state index in [9.17, 15) is 9.59 Å². The summed E-state index contributed by atoms with van der Waals surface area (Å²) in [6.07, 6.45) is 2.83. The monoisotopic (exact) mass is 281 g/mol. The Hall–Kier alpha value is -2.29. The van der Waals surface area contributed by atoms with Gasteiger partial charge in [0.25, 0.3) is 5.91 Å². The topological polar surface area (TPSA) is 110 Å². The fraction of sp³-hybridized carbons (Fsp3) is 0.300. The third kappa shape index (κ3) is 3.35. The van der Waals surface area contributed by atoms with Gasteiger partial charge in [0.2, 0.25) is 0 Å². The van der Waals surface area contributed by atoms with Crippen LogP contribution in [-0.2, 0) is 6.54 Å². The Morgan fingerprint density at radius 1 is 1.53 bits per heavy atom. The minimum atomic E-state index is -1.13. The van der Waals surface area contributed by atoms with E-state index in [0.717, 1.165) is 5.01 Å². The lowest BCUT2D eigenvalue weighted by Gasteiger charge is -2.02. The van der Waals surface area contributed by atoms with Crippen molar-refractivity contribution < 1.29 is 14.7 Å². The Kier molecular flexibility index (Phi) is 3.85. The largest absolute Gasteiger partial charge is 0.476 e. The highest BCUT2D eigenvalue weighted by atomic mass is 32.1. The lowest BCUT2D eigenvalue weighted by atomic mass is 10.4. The molecular weight excluding hydrogens is 270 g/mol. The van der Waals surface area contributed by atoms with Gasteiger partial charge in [-0.3, -0.25) is 4.79 Å². The predicted molar refractivity (Wildman–Crippen MR) is 66.2 cm³/mol. The molecule has 2 heterocycles. The first kappa shape index (κ1) is 13.1. The molecule has 0 saturated carbocycles. The SMILES string of the molecule is Cc1ncc(C(=O)NCCn2cc(C(=O)O)nn2)s1. The summed E-state index contributed by atoms with van der Waals surface area (Å²) in [5, 5.41) is 19.3. The van der Waals surface area contributed by atoms with E-state index in [-0.39, 0.29) is 11.6 Å². The molecular formula is C10H11N5O3S. The summed E-state index contributed by atoms with van der Waals surface area (Å²) >= 11 is 1.31. The van der Waals surface area contributed by atoms with Gasteiger partial charge in [-0.15, -0.1) is 16.4 Å². The van der Waals surface area contributed by atoms with Crippen molar-refractivity contribution in [3.05, 3.63) is 28.0 Å². The number of nitrogens with zero attached hydrogens (tertiary/aromatic N) is 4. The number of nitrogens with one attached hydrogen (secondary N) is 1. The van der Waals surface area contributed by atoms with Crippen LogP contribution in [-0.4, -0.2) is 43.5 Å². The van der Waals surface area contributed by atoms with Crippen LogP contribution in [0.3, 0.4) is 0 Å². The lowest BCUT2D eigenvalue weighted by molar-refractivity contribution is 0.0690. The van der Waals surface area contributed by atoms with Crippen LogP contribution in [0, 0.1) is 6.92 Å². The second kappa shape index (κ2) is 5.57. The maximum absolute atomic E-state index is 11.7. The third-order valence-corrected chi connectivity index (χ3v) is 3.14. The van der Waals surface area contributed by atoms with Gasteiger partial charge in [0, 0.05) is 6.54 Å². The zero-order valence-electron chi connectivity index (χ0n) is 10.0. The molecule has 0 aromatic carbocycles. The van der Waals surface area contributed by atoms with Gasteiger partial charge in [-0.05, 0) is 6.92 Å². The van der Waals surface area contributed by atoms with Crippen LogP contribution in [0.1, 0.15) is 25.2 Å². The highest BCUT2D eigenvalue weighted by Crippen LogP contribution is 2.10. The average molecular weight is 281 g/mol. The van der Waals surface area contributed by atoms with Crippen LogP contribution < -0.4 is 5.32 Å². The van der Waals surface area contributed by atoms with Crippen molar-refractivity contribution in [3.63, 3.8) is 0 Å². The van der Waals surface area contributed by atoms with E-state index in [4.69, 9.17) is 5.11 Å². The maximum atomic E-state index is 11.7. The van der Waals surface area contributed by atoms with E-state index in [1.54, 1.807) is 0 Å². The molecule has 2 aromatic heterocycles. The molecule has 0 aliphatic heterocycles. The molecule has 2 aromatic rings. The van der Waals surface area contributed by atoms with Gasteiger partial charge in [0.15, 0.2) is 5.69 Å². The van der Waals surface area contributed by atoms with E-state index >= 15 is 0 Å². The number of thiazole rings is 1. The molecule has 0 atom stereocenters. The van der Waals surface area contributed by atoms with E-state index in [0.29, 0.717) is 18.0 Å². The van der Waals surface area contributed by atoms with Gasteiger partial charge >= 0.3 is 5.97 Å². The number of carboxylic acids is 1. The molecule has 0 unspecified atom stereocenters. The van der Waals surface area contributed by atoms with Gasteiger partial charge in [0.1, 0.15) is 4.88 Å². The number of aryl methyl sites for hydroxylation is 1. The lowest BCUT2D eigenvalue weighted by Crippen LogP contribution is -2.26. The molecule has 2 rings (SSSR count). The highest BCUT2D eigenvalue weighted by Gasteiger charge is 2.10. The van der Waals surface area contributed by atoms with Crippen molar-refractivity contribution in [2.24, 2.45) is 0 Å². The summed E-state index contributed by atoms with van der Waals surface area (Å²) in [5.74, 6) is -1.33. The molecule has 8 nitrogen and oxygen atoms in total. The fourth-order valence-electron chi connectivity index (χ4n) is 1.34. The first-order valence-electron chi connectivity index (χ1n) is 5.40. The summed E-state index contributed by atoms with van der Waals surface area (Å²) in [6, 6.07) is 0. The first-order chi connectivity index (χ1) is 9.06.